The van der Waals surface area contributed by atoms with E-state index in [1.54, 1.807) is 7.11 Å². The number of ether oxygens (including phenoxy) is 1. The topological polar surface area (TPSA) is 38.3 Å². The minimum absolute atomic E-state index is 0.116. The third-order valence-electron chi connectivity index (χ3n) is 6.95. The van der Waals surface area contributed by atoms with Crippen LogP contribution in [-0.2, 0) is 4.79 Å². The molecule has 1 N–H and O–H groups in total. The quantitative estimate of drug-likeness (QED) is 0.161. The van der Waals surface area contributed by atoms with Gasteiger partial charge in [-0.05, 0) is 67.5 Å². The zero-order chi connectivity index (χ0) is 25.1. The van der Waals surface area contributed by atoms with Gasteiger partial charge in [-0.25, -0.2) is 0 Å². The third kappa shape index (κ3) is 11.8. The minimum Gasteiger partial charge on any atom is -0.497 e. The number of unbranched alkanes of at least 4 members (excludes halogenated alkanes) is 12. The molecule has 2 aromatic carbocycles. The molecule has 3 heteroatoms. The molecule has 1 amide bonds. The summed E-state index contributed by atoms with van der Waals surface area (Å²) in [4.78, 5) is 12.6. The number of fused-ring (bicyclic) bond motifs is 1. The average Bonchev–Trinajstić information content (AvgIpc) is 2.89. The van der Waals surface area contributed by atoms with Gasteiger partial charge in [-0.1, -0.05) is 101 Å². The lowest BCUT2D eigenvalue weighted by molar-refractivity contribution is -0.122. The summed E-state index contributed by atoms with van der Waals surface area (Å²) >= 11 is 0. The molecular formula is C32H49NO2. The van der Waals surface area contributed by atoms with Gasteiger partial charge in [-0.15, -0.1) is 0 Å². The van der Waals surface area contributed by atoms with Crippen molar-refractivity contribution < 1.29 is 9.53 Å². The van der Waals surface area contributed by atoms with Crippen LogP contribution in [0, 0.1) is 0 Å². The number of nitrogens with one attached hydrogen (secondary N) is 1. The Morgan fingerprint density at radius 2 is 1.37 bits per heavy atom. The largest absolute Gasteiger partial charge is 0.497 e. The van der Waals surface area contributed by atoms with E-state index >= 15 is 0 Å². The van der Waals surface area contributed by atoms with E-state index in [-0.39, 0.29) is 11.8 Å². The Hall–Kier alpha value is -2.29. The molecule has 0 saturated heterocycles. The van der Waals surface area contributed by atoms with Crippen molar-refractivity contribution in [1.29, 1.82) is 0 Å². The second kappa shape index (κ2) is 18.0. The first kappa shape index (κ1) is 28.9. The first-order valence-corrected chi connectivity index (χ1v) is 14.2. The molecule has 0 fully saturated rings. The summed E-state index contributed by atoms with van der Waals surface area (Å²) in [7, 11) is 1.68. The van der Waals surface area contributed by atoms with Crippen LogP contribution in [0.15, 0.2) is 48.6 Å². The summed E-state index contributed by atoms with van der Waals surface area (Å²) in [5, 5.41) is 5.39. The van der Waals surface area contributed by atoms with E-state index in [1.807, 2.05) is 19.1 Å². The maximum Gasteiger partial charge on any atom is 0.227 e. The molecule has 194 valence electrons. The molecule has 35 heavy (non-hydrogen) atoms. The van der Waals surface area contributed by atoms with Gasteiger partial charge in [0.05, 0.1) is 13.0 Å². The Morgan fingerprint density at radius 1 is 0.800 bits per heavy atom. The molecule has 2 aromatic rings. The molecule has 2 rings (SSSR count). The van der Waals surface area contributed by atoms with Gasteiger partial charge >= 0.3 is 0 Å². The smallest absolute Gasteiger partial charge is 0.227 e. The van der Waals surface area contributed by atoms with Gasteiger partial charge in [0.1, 0.15) is 5.75 Å². The van der Waals surface area contributed by atoms with E-state index in [9.17, 15) is 4.79 Å². The molecule has 0 spiro atoms. The van der Waals surface area contributed by atoms with Crippen LogP contribution < -0.4 is 10.1 Å². The molecule has 0 aliphatic carbocycles. The van der Waals surface area contributed by atoms with Gasteiger partial charge < -0.3 is 10.1 Å². The number of methoxy groups -OCH3 is 1. The average molecular weight is 480 g/mol. The number of benzene rings is 2. The fourth-order valence-corrected chi connectivity index (χ4v) is 4.53. The molecule has 0 aliphatic rings. The highest BCUT2D eigenvalue weighted by Gasteiger charge is 2.15. The lowest BCUT2D eigenvalue weighted by Gasteiger charge is -2.14. The van der Waals surface area contributed by atoms with Crippen molar-refractivity contribution in [2.45, 2.75) is 110 Å². The van der Waals surface area contributed by atoms with Crippen molar-refractivity contribution in [2.75, 3.05) is 13.7 Å². The first-order valence-electron chi connectivity index (χ1n) is 14.2. The molecule has 0 radical (unpaired) electrons. The van der Waals surface area contributed by atoms with Crippen LogP contribution in [0.1, 0.15) is 115 Å². The highest BCUT2D eigenvalue weighted by molar-refractivity contribution is 5.88. The number of amides is 1. The van der Waals surface area contributed by atoms with Crippen LogP contribution in [-0.4, -0.2) is 19.6 Å². The number of carbonyl (C=O) groups is 1. The van der Waals surface area contributed by atoms with E-state index in [4.69, 9.17) is 4.74 Å². The Labute approximate surface area is 214 Å². The van der Waals surface area contributed by atoms with Crippen molar-refractivity contribution in [2.24, 2.45) is 0 Å². The van der Waals surface area contributed by atoms with Crippen molar-refractivity contribution in [3.63, 3.8) is 0 Å². The minimum atomic E-state index is -0.143. The predicted molar refractivity (Wildman–Crippen MR) is 151 cm³/mol. The second-order valence-electron chi connectivity index (χ2n) is 9.92. The van der Waals surface area contributed by atoms with Crippen LogP contribution in [0.3, 0.4) is 0 Å². The third-order valence-corrected chi connectivity index (χ3v) is 6.95. The highest BCUT2D eigenvalue weighted by Crippen LogP contribution is 2.25. The molecule has 3 nitrogen and oxygen atoms in total. The van der Waals surface area contributed by atoms with E-state index < -0.39 is 0 Å². The van der Waals surface area contributed by atoms with Crippen molar-refractivity contribution >= 4 is 16.7 Å². The lowest BCUT2D eigenvalue weighted by atomic mass is 9.97. The second-order valence-corrected chi connectivity index (χ2v) is 9.92. The standard InChI is InChI=1S/C32H49NO2/c1-4-5-6-7-8-9-10-11-12-13-14-15-16-17-18-19-24-33-32(34)27(2)28-20-21-30-26-31(35-3)23-22-29(30)25-28/h11-12,20-23,25-27H,4-10,13-19,24H2,1-3H3,(H,33,34)/t27-/m0/s1. The zero-order valence-corrected chi connectivity index (χ0v) is 22.6. The normalized spacial score (nSPS) is 12.3. The van der Waals surface area contributed by atoms with Crippen LogP contribution in [0.4, 0.5) is 0 Å². The lowest BCUT2D eigenvalue weighted by Crippen LogP contribution is -2.28. The van der Waals surface area contributed by atoms with E-state index in [2.05, 4.69) is 48.7 Å². The van der Waals surface area contributed by atoms with Crippen LogP contribution in [0.2, 0.25) is 0 Å². The zero-order valence-electron chi connectivity index (χ0n) is 22.6. The fraction of sp³-hybridized carbons (Fsp3) is 0.594. The van der Waals surface area contributed by atoms with E-state index in [0.29, 0.717) is 0 Å². The van der Waals surface area contributed by atoms with Gasteiger partial charge in [0.15, 0.2) is 0 Å². The molecule has 0 saturated carbocycles. The van der Waals surface area contributed by atoms with Gasteiger partial charge in [0, 0.05) is 6.54 Å². The summed E-state index contributed by atoms with van der Waals surface area (Å²) in [6, 6.07) is 12.3. The Morgan fingerprint density at radius 3 is 2.03 bits per heavy atom. The number of carbonyl (C=O) groups excluding carboxylic acids is 1. The number of hydrogen-bond donors (Lipinski definition) is 1. The van der Waals surface area contributed by atoms with Crippen molar-refractivity contribution in [1.82, 2.24) is 5.32 Å². The first-order chi connectivity index (χ1) is 17.2. The van der Waals surface area contributed by atoms with Gasteiger partial charge in [0.2, 0.25) is 5.91 Å². The Kier molecular flexibility index (Phi) is 14.9. The number of allylic oxidation sites excluding steroid dienone is 2. The summed E-state index contributed by atoms with van der Waals surface area (Å²) in [6.45, 7) is 5.04. The molecular weight excluding hydrogens is 430 g/mol. The van der Waals surface area contributed by atoms with Crippen LogP contribution in [0.5, 0.6) is 5.75 Å². The maximum atomic E-state index is 12.6. The van der Waals surface area contributed by atoms with E-state index in [0.717, 1.165) is 35.1 Å². The molecule has 0 aliphatic heterocycles. The summed E-state index contributed by atoms with van der Waals surface area (Å²) < 4.78 is 5.30. The van der Waals surface area contributed by atoms with Gasteiger partial charge in [-0.2, -0.15) is 0 Å². The Balaban J connectivity index is 1.48. The maximum absolute atomic E-state index is 12.6. The van der Waals surface area contributed by atoms with Gasteiger partial charge in [0.25, 0.3) is 0 Å². The van der Waals surface area contributed by atoms with E-state index in [1.165, 1.54) is 83.5 Å². The summed E-state index contributed by atoms with van der Waals surface area (Å²) in [5.41, 5.74) is 1.06. The highest BCUT2D eigenvalue weighted by atomic mass is 16.5. The van der Waals surface area contributed by atoms with Crippen molar-refractivity contribution in [3.05, 3.63) is 54.1 Å². The number of hydrogen-bond acceptors (Lipinski definition) is 2. The van der Waals surface area contributed by atoms with Crippen LogP contribution in [0.25, 0.3) is 10.8 Å². The number of rotatable bonds is 19. The van der Waals surface area contributed by atoms with Gasteiger partial charge in [-0.3, -0.25) is 4.79 Å². The monoisotopic (exact) mass is 479 g/mol. The SMILES string of the molecule is CCCCCCCCC=CCCCCCCCCNC(=O)[C@@H](C)c1ccc2cc(OC)ccc2c1. The fourth-order valence-electron chi connectivity index (χ4n) is 4.53. The Bertz CT molecular complexity index is 873. The molecule has 0 aromatic heterocycles. The predicted octanol–water partition coefficient (Wildman–Crippen LogP) is 9.11. The molecule has 0 heterocycles. The van der Waals surface area contributed by atoms with Crippen molar-refractivity contribution in [3.8, 4) is 5.75 Å². The summed E-state index contributed by atoms with van der Waals surface area (Å²) in [6.07, 6.45) is 23.0. The molecule has 1 atom stereocenters. The molecule has 0 unspecified atom stereocenters. The molecule has 0 bridgehead atoms. The summed E-state index contributed by atoms with van der Waals surface area (Å²) in [5.74, 6) is 0.827. The van der Waals surface area contributed by atoms with Crippen LogP contribution >= 0.6 is 0 Å².